The molecule has 0 radical (unpaired) electrons. The third-order valence-electron chi connectivity index (χ3n) is 2.90. The highest BCUT2D eigenvalue weighted by molar-refractivity contribution is 9.10. The van der Waals surface area contributed by atoms with Gasteiger partial charge in [0.1, 0.15) is 5.82 Å². The van der Waals surface area contributed by atoms with Crippen LogP contribution in [0.1, 0.15) is 10.4 Å². The van der Waals surface area contributed by atoms with Crippen LogP contribution in [-0.2, 0) is 9.84 Å². The Morgan fingerprint density at radius 2 is 1.62 bits per heavy atom. The van der Waals surface area contributed by atoms with Crippen molar-refractivity contribution >= 4 is 37.4 Å². The smallest absolute Gasteiger partial charge is 0.322 e. The number of benzene rings is 2. The van der Waals surface area contributed by atoms with Crippen LogP contribution < -0.4 is 5.32 Å². The molecule has 0 atom stereocenters. The molecule has 1 N–H and O–H groups in total. The van der Waals surface area contributed by atoms with E-state index < -0.39 is 32.0 Å². The van der Waals surface area contributed by atoms with E-state index in [1.165, 1.54) is 6.07 Å². The molecule has 24 heavy (non-hydrogen) atoms. The number of amides is 1. The number of halogens is 5. The Labute approximate surface area is 142 Å². The Kier molecular flexibility index (Phi) is 5.00. The molecule has 0 unspecified atom stereocenters. The molecular weight excluding hydrogens is 418 g/mol. The van der Waals surface area contributed by atoms with Gasteiger partial charge in [0.2, 0.25) is 0 Å². The van der Waals surface area contributed by atoms with E-state index in [4.69, 9.17) is 0 Å². The maximum Gasteiger partial charge on any atom is 0.501 e. The number of alkyl halides is 3. The molecule has 0 aliphatic rings. The maximum absolute atomic E-state index is 13.0. The molecule has 0 bridgehead atoms. The first kappa shape index (κ1) is 18.4. The number of sulfone groups is 1. The van der Waals surface area contributed by atoms with Crippen LogP contribution in [0.3, 0.4) is 0 Å². The van der Waals surface area contributed by atoms with Crippen molar-refractivity contribution in [2.24, 2.45) is 0 Å². The van der Waals surface area contributed by atoms with E-state index in [1.54, 1.807) is 0 Å². The number of hydrogen-bond donors (Lipinski definition) is 1. The summed E-state index contributed by atoms with van der Waals surface area (Å²) >= 11 is 3.02. The number of carbonyl (C=O) groups excluding carboxylic acids is 1. The first-order valence-electron chi connectivity index (χ1n) is 6.20. The van der Waals surface area contributed by atoms with Gasteiger partial charge in [-0.25, -0.2) is 12.8 Å². The summed E-state index contributed by atoms with van der Waals surface area (Å²) in [5, 5.41) is 2.37. The lowest BCUT2D eigenvalue weighted by Crippen LogP contribution is -2.23. The molecule has 0 spiro atoms. The van der Waals surface area contributed by atoms with Crippen molar-refractivity contribution in [1.29, 1.82) is 0 Å². The summed E-state index contributed by atoms with van der Waals surface area (Å²) < 4.78 is 72.9. The van der Waals surface area contributed by atoms with Crippen molar-refractivity contribution in [3.8, 4) is 0 Å². The molecular formula is C14H8BrF4NO3S. The molecule has 0 fully saturated rings. The number of rotatable bonds is 3. The van der Waals surface area contributed by atoms with E-state index in [2.05, 4.69) is 21.2 Å². The third-order valence-corrected chi connectivity index (χ3v) is 5.06. The predicted molar refractivity (Wildman–Crippen MR) is 81.7 cm³/mol. The molecule has 4 nitrogen and oxygen atoms in total. The highest BCUT2D eigenvalue weighted by Gasteiger charge is 2.46. The zero-order valence-electron chi connectivity index (χ0n) is 11.6. The molecule has 0 aliphatic carbocycles. The van der Waals surface area contributed by atoms with Gasteiger partial charge >= 0.3 is 5.51 Å². The molecule has 2 aromatic carbocycles. The molecule has 0 heterocycles. The van der Waals surface area contributed by atoms with Crippen molar-refractivity contribution in [2.45, 2.75) is 10.4 Å². The Morgan fingerprint density at radius 3 is 2.12 bits per heavy atom. The van der Waals surface area contributed by atoms with Gasteiger partial charge in [-0.3, -0.25) is 4.79 Å². The molecule has 0 saturated carbocycles. The van der Waals surface area contributed by atoms with Crippen molar-refractivity contribution in [1.82, 2.24) is 0 Å². The summed E-state index contributed by atoms with van der Waals surface area (Å²) in [4.78, 5) is 11.1. The average molecular weight is 426 g/mol. The molecule has 0 aliphatic heterocycles. The van der Waals surface area contributed by atoms with Gasteiger partial charge < -0.3 is 5.32 Å². The summed E-state index contributed by atoms with van der Waals surface area (Å²) in [7, 11) is -5.45. The van der Waals surface area contributed by atoms with E-state index in [1.807, 2.05) is 0 Å². The molecule has 1 amide bonds. The third kappa shape index (κ3) is 3.75. The number of anilines is 1. The van der Waals surface area contributed by atoms with Gasteiger partial charge in [0.25, 0.3) is 15.7 Å². The Hall–Kier alpha value is -1.94. The lowest BCUT2D eigenvalue weighted by molar-refractivity contribution is -0.0436. The zero-order chi connectivity index (χ0) is 18.1. The molecule has 0 aromatic heterocycles. The van der Waals surface area contributed by atoms with Crippen LogP contribution in [0.2, 0.25) is 0 Å². The number of hydrogen-bond acceptors (Lipinski definition) is 3. The van der Waals surface area contributed by atoms with Crippen molar-refractivity contribution in [3.05, 3.63) is 58.3 Å². The summed E-state index contributed by atoms with van der Waals surface area (Å²) in [5.41, 5.74) is -5.22. The van der Waals surface area contributed by atoms with Crippen LogP contribution >= 0.6 is 15.9 Å². The van der Waals surface area contributed by atoms with Crippen LogP contribution in [0.25, 0.3) is 0 Å². The fourth-order valence-electron chi connectivity index (χ4n) is 1.72. The highest BCUT2D eigenvalue weighted by Crippen LogP contribution is 2.30. The Balaban J connectivity index is 2.22. The molecule has 10 heteroatoms. The largest absolute Gasteiger partial charge is 0.501 e. The SMILES string of the molecule is O=C(Nc1ccc(S(=O)(=O)C(F)(F)F)cc1)c1ccc(F)cc1Br. The molecule has 0 saturated heterocycles. The van der Waals surface area contributed by atoms with Crippen molar-refractivity contribution < 1.29 is 30.8 Å². The van der Waals surface area contributed by atoms with Crippen molar-refractivity contribution in [2.75, 3.05) is 5.32 Å². The number of carbonyl (C=O) groups is 1. The van der Waals surface area contributed by atoms with Crippen LogP contribution in [0.5, 0.6) is 0 Å². The average Bonchev–Trinajstić information content (AvgIpc) is 2.46. The minimum absolute atomic E-state index is 0.0809. The molecule has 2 aromatic rings. The van der Waals surface area contributed by atoms with Gasteiger partial charge in [-0.2, -0.15) is 13.2 Å². The second-order valence-corrected chi connectivity index (χ2v) is 7.35. The van der Waals surface area contributed by atoms with Gasteiger partial charge in [0.15, 0.2) is 0 Å². The van der Waals surface area contributed by atoms with Gasteiger partial charge in [0, 0.05) is 10.2 Å². The minimum atomic E-state index is -5.45. The topological polar surface area (TPSA) is 63.2 Å². The molecule has 128 valence electrons. The predicted octanol–water partition coefficient (Wildman–Crippen LogP) is 4.13. The fraction of sp³-hybridized carbons (Fsp3) is 0.0714. The number of nitrogens with one attached hydrogen (secondary N) is 1. The first-order chi connectivity index (χ1) is 11.0. The van der Waals surface area contributed by atoms with Crippen molar-refractivity contribution in [3.63, 3.8) is 0 Å². The van der Waals surface area contributed by atoms with Gasteiger partial charge in [-0.05, 0) is 58.4 Å². The first-order valence-corrected chi connectivity index (χ1v) is 8.48. The normalized spacial score (nSPS) is 12.0. The summed E-state index contributed by atoms with van der Waals surface area (Å²) in [6.07, 6.45) is 0. The zero-order valence-corrected chi connectivity index (χ0v) is 14.0. The second kappa shape index (κ2) is 6.52. The fourth-order valence-corrected chi connectivity index (χ4v) is 3.02. The van der Waals surface area contributed by atoms with Crippen LogP contribution in [0.4, 0.5) is 23.2 Å². The van der Waals surface area contributed by atoms with Crippen LogP contribution in [-0.4, -0.2) is 19.8 Å². The standard InChI is InChI=1S/C14H8BrF4NO3S/c15-12-7-8(16)1-6-11(12)13(21)20-9-2-4-10(5-3-9)24(22,23)14(17,18)19/h1-7H,(H,20,21). The van der Waals surface area contributed by atoms with Crippen LogP contribution in [0.15, 0.2) is 51.8 Å². The molecule has 2 rings (SSSR count). The highest BCUT2D eigenvalue weighted by atomic mass is 79.9. The summed E-state index contributed by atoms with van der Waals surface area (Å²) in [6, 6.07) is 6.88. The van der Waals surface area contributed by atoms with Crippen LogP contribution in [0, 0.1) is 5.82 Å². The summed E-state index contributed by atoms with van der Waals surface area (Å²) in [6.45, 7) is 0. The quantitative estimate of drug-likeness (QED) is 0.751. The minimum Gasteiger partial charge on any atom is -0.322 e. The van der Waals surface area contributed by atoms with Gasteiger partial charge in [0.05, 0.1) is 10.5 Å². The van der Waals surface area contributed by atoms with Gasteiger partial charge in [-0.1, -0.05) is 0 Å². The Bertz CT molecular complexity index is 880. The van der Waals surface area contributed by atoms with E-state index in [-0.39, 0.29) is 15.7 Å². The summed E-state index contributed by atoms with van der Waals surface area (Å²) in [5.74, 6) is -1.20. The second-order valence-electron chi connectivity index (χ2n) is 4.55. The van der Waals surface area contributed by atoms with E-state index in [0.29, 0.717) is 0 Å². The van der Waals surface area contributed by atoms with E-state index in [9.17, 15) is 30.8 Å². The van der Waals surface area contributed by atoms with Gasteiger partial charge in [-0.15, -0.1) is 0 Å². The monoisotopic (exact) mass is 425 g/mol. The Morgan fingerprint density at radius 1 is 1.04 bits per heavy atom. The van der Waals surface area contributed by atoms with E-state index >= 15 is 0 Å². The maximum atomic E-state index is 13.0. The van der Waals surface area contributed by atoms with E-state index in [0.717, 1.165) is 36.4 Å². The lowest BCUT2D eigenvalue weighted by Gasteiger charge is -2.10. The lowest BCUT2D eigenvalue weighted by atomic mass is 10.2.